The van der Waals surface area contributed by atoms with E-state index < -0.39 is 0 Å². The summed E-state index contributed by atoms with van der Waals surface area (Å²) in [6.45, 7) is 41.3. The van der Waals surface area contributed by atoms with Gasteiger partial charge in [-0.15, -0.1) is 0 Å². The molecule has 16 rings (SSSR count). The maximum atomic E-state index is 2.88. The van der Waals surface area contributed by atoms with Crippen LogP contribution in [0.15, 0.2) is 200 Å². The number of hydrogen-bond donors (Lipinski definition) is 0. The van der Waals surface area contributed by atoms with E-state index in [1.807, 2.05) is 0 Å². The first kappa shape index (κ1) is 62.5. The highest BCUT2D eigenvalue weighted by atomic mass is 15.3. The van der Waals surface area contributed by atoms with Gasteiger partial charge in [0.25, 0.3) is 6.71 Å². The molecule has 0 saturated heterocycles. The van der Waals surface area contributed by atoms with Crippen LogP contribution in [0.1, 0.15) is 212 Å². The molecule has 4 heteroatoms. The largest absolute Gasteiger partial charge is 0.334 e. The van der Waals surface area contributed by atoms with Gasteiger partial charge in [0.2, 0.25) is 0 Å². The third kappa shape index (κ3) is 9.32. The minimum absolute atomic E-state index is 0.0108. The first-order chi connectivity index (χ1) is 45.5. The van der Waals surface area contributed by atoms with Crippen LogP contribution in [-0.4, -0.2) is 12.3 Å². The summed E-state index contributed by atoms with van der Waals surface area (Å²) in [5.41, 5.74) is 34.8. The van der Waals surface area contributed by atoms with Crippen LogP contribution >= 0.6 is 0 Å². The monoisotopic (exact) mass is 1260 g/mol. The molecule has 3 aliphatic carbocycles. The molecule has 3 nitrogen and oxygen atoms in total. The maximum Gasteiger partial charge on any atom is 0.252 e. The van der Waals surface area contributed by atoms with Crippen LogP contribution in [0.3, 0.4) is 0 Å². The van der Waals surface area contributed by atoms with Gasteiger partial charge in [-0.25, -0.2) is 0 Å². The van der Waals surface area contributed by atoms with Crippen molar-refractivity contribution in [2.45, 2.75) is 206 Å². The summed E-state index contributed by atoms with van der Waals surface area (Å²) in [5.74, 6) is 0. The normalized spacial score (nSPS) is 20.1. The fourth-order valence-corrected chi connectivity index (χ4v) is 18.9. The molecule has 1 fully saturated rings. The number of benzene rings is 10. The van der Waals surface area contributed by atoms with Gasteiger partial charge in [-0.3, -0.25) is 0 Å². The molecular formula is C92H98BN3. The third-order valence-corrected chi connectivity index (χ3v) is 24.8. The van der Waals surface area contributed by atoms with Crippen LogP contribution < -0.4 is 31.1 Å². The summed E-state index contributed by atoms with van der Waals surface area (Å²) < 4.78 is 0. The van der Waals surface area contributed by atoms with E-state index in [0.29, 0.717) is 0 Å². The number of aryl methyl sites for hydroxylation is 1. The zero-order chi connectivity index (χ0) is 67.2. The summed E-state index contributed by atoms with van der Waals surface area (Å²) in [7, 11) is 0. The highest BCUT2D eigenvalue weighted by Crippen LogP contribution is 2.63. The molecule has 0 N–H and O–H groups in total. The van der Waals surface area contributed by atoms with Gasteiger partial charge in [-0.2, -0.15) is 0 Å². The molecule has 0 radical (unpaired) electrons. The van der Waals surface area contributed by atoms with E-state index in [4.69, 9.17) is 0 Å². The van der Waals surface area contributed by atoms with Crippen molar-refractivity contribution < 1.29 is 0 Å². The van der Waals surface area contributed by atoms with E-state index >= 15 is 0 Å². The lowest BCUT2D eigenvalue weighted by Gasteiger charge is -2.51. The van der Waals surface area contributed by atoms with Crippen LogP contribution in [0.2, 0.25) is 0 Å². The molecule has 484 valence electrons. The van der Waals surface area contributed by atoms with E-state index in [0.717, 1.165) is 25.7 Å². The Bertz CT molecular complexity index is 4810. The predicted molar refractivity (Wildman–Crippen MR) is 412 cm³/mol. The smallest absolute Gasteiger partial charge is 0.252 e. The molecule has 0 amide bonds. The molecule has 3 aliphatic heterocycles. The average molecular weight is 1260 g/mol. The van der Waals surface area contributed by atoms with Crippen LogP contribution in [0.25, 0.3) is 33.4 Å². The van der Waals surface area contributed by atoms with Crippen molar-refractivity contribution in [1.29, 1.82) is 0 Å². The molecular weight excluding hydrogens is 1160 g/mol. The quantitative estimate of drug-likeness (QED) is 0.154. The molecule has 10 aromatic rings. The first-order valence-corrected chi connectivity index (χ1v) is 36.2. The number of nitrogens with zero attached hydrogens (tertiary/aromatic N) is 3. The molecule has 0 spiro atoms. The topological polar surface area (TPSA) is 9.72 Å². The average Bonchev–Trinajstić information content (AvgIpc) is 1.29. The number of rotatable bonds is 6. The molecule has 3 heterocycles. The molecule has 1 saturated carbocycles. The number of hydrogen-bond acceptors (Lipinski definition) is 3. The van der Waals surface area contributed by atoms with E-state index in [-0.39, 0.29) is 50.2 Å². The molecule has 0 aromatic heterocycles. The number of anilines is 8. The minimum atomic E-state index is -0.292. The number of fused-ring (bicyclic) bond motifs is 10. The Morgan fingerprint density at radius 2 is 0.812 bits per heavy atom. The Morgan fingerprint density at radius 1 is 0.344 bits per heavy atom. The summed E-state index contributed by atoms with van der Waals surface area (Å²) in [4.78, 5) is 8.47. The van der Waals surface area contributed by atoms with Crippen LogP contribution in [0, 0.1) is 0 Å². The lowest BCUT2D eigenvalue weighted by atomic mass is 9.32. The van der Waals surface area contributed by atoms with Crippen molar-refractivity contribution in [3.8, 4) is 33.4 Å². The van der Waals surface area contributed by atoms with Crippen LogP contribution in [0.5, 0.6) is 0 Å². The van der Waals surface area contributed by atoms with Gasteiger partial charge in [0, 0.05) is 61.5 Å². The van der Waals surface area contributed by atoms with Crippen molar-refractivity contribution in [3.05, 3.63) is 256 Å². The van der Waals surface area contributed by atoms with Crippen molar-refractivity contribution >= 4 is 68.6 Å². The Hall–Kier alpha value is -8.34. The SMILES string of the molecule is CC(C)(C)c1ccc(-c2ccc3c(c2)C2(C)CCCCC2(C)N3c2cc3c4c(c2)N(c2ccc(C(C)(C)C)cc2-c2ccccc2)c2cc5c(cc2B4c2cc4c(cc2N3c2ccc(C(C)(C)C)cc2-c2ccccc2)C(C)(C)CCC4)C(C)(C)c2ccccc2C5(C)C)cc1. The highest BCUT2D eigenvalue weighted by molar-refractivity contribution is 7.00. The Kier molecular flexibility index (Phi) is 13.9. The summed E-state index contributed by atoms with van der Waals surface area (Å²) in [6.07, 6.45) is 8.01. The Morgan fingerprint density at radius 3 is 1.35 bits per heavy atom. The highest BCUT2D eigenvalue weighted by Gasteiger charge is 2.59. The van der Waals surface area contributed by atoms with Crippen molar-refractivity contribution in [3.63, 3.8) is 0 Å². The van der Waals surface area contributed by atoms with Gasteiger partial charge in [0.05, 0.1) is 16.9 Å². The fourth-order valence-electron chi connectivity index (χ4n) is 18.9. The van der Waals surface area contributed by atoms with Crippen molar-refractivity contribution in [2.75, 3.05) is 14.7 Å². The second-order valence-electron chi connectivity index (χ2n) is 35.0. The lowest BCUT2D eigenvalue weighted by Crippen LogP contribution is -2.62. The minimum Gasteiger partial charge on any atom is -0.334 e. The van der Waals surface area contributed by atoms with Gasteiger partial charge < -0.3 is 14.7 Å². The predicted octanol–water partition coefficient (Wildman–Crippen LogP) is 23.0. The summed E-state index contributed by atoms with van der Waals surface area (Å²) in [6, 6.07) is 80.3. The second kappa shape index (κ2) is 21.3. The van der Waals surface area contributed by atoms with Gasteiger partial charge in [0.15, 0.2) is 0 Å². The zero-order valence-corrected chi connectivity index (χ0v) is 60.4. The Labute approximate surface area is 575 Å². The van der Waals surface area contributed by atoms with E-state index in [2.05, 4.69) is 333 Å². The maximum absolute atomic E-state index is 2.88. The molecule has 0 bridgehead atoms. The van der Waals surface area contributed by atoms with Gasteiger partial charge >= 0.3 is 0 Å². The molecule has 6 aliphatic rings. The van der Waals surface area contributed by atoms with E-state index in [1.165, 1.54) is 170 Å². The standard InChI is InChI=1S/C92H98BN3/c1-85(2,3)63-39-36-58(37-40-63)61-38-43-79-74(49-61)91(16)47-26-27-48-92(91,17)96(79)66-53-82-84-83(54-66)95(78-45-42-65(87(7,8)9)52-68(78)60-31-22-19-23-32-60)81-57-73-72(89(12,13)69-34-24-25-35-70(69)90(73,14)15)55-76(81)93(84)75-50-62-33-28-46-88(10,11)71(62)56-80(75)94(82)77-44-41-64(86(4,5)6)51-67(77)59-29-20-18-21-30-59/h18-25,29-32,34-45,49-57H,26-28,33,46-48H2,1-17H3. The zero-order valence-electron chi connectivity index (χ0n) is 60.4. The molecule has 2 atom stereocenters. The van der Waals surface area contributed by atoms with E-state index in [1.54, 1.807) is 0 Å². The Balaban J connectivity index is 1.07. The van der Waals surface area contributed by atoms with Gasteiger partial charge in [-0.1, -0.05) is 263 Å². The fraction of sp³-hybridized carbons (Fsp3) is 0.348. The van der Waals surface area contributed by atoms with Crippen molar-refractivity contribution in [2.24, 2.45) is 0 Å². The van der Waals surface area contributed by atoms with E-state index in [9.17, 15) is 0 Å². The molecule has 96 heavy (non-hydrogen) atoms. The molecule has 10 aromatic carbocycles. The molecule has 2 unspecified atom stereocenters. The first-order valence-electron chi connectivity index (χ1n) is 36.2. The summed E-state index contributed by atoms with van der Waals surface area (Å²) >= 11 is 0. The van der Waals surface area contributed by atoms with Crippen LogP contribution in [0.4, 0.5) is 45.5 Å². The van der Waals surface area contributed by atoms with Gasteiger partial charge in [0.1, 0.15) is 0 Å². The second-order valence-corrected chi connectivity index (χ2v) is 35.0. The van der Waals surface area contributed by atoms with Crippen molar-refractivity contribution in [1.82, 2.24) is 0 Å². The third-order valence-electron chi connectivity index (χ3n) is 24.8. The van der Waals surface area contributed by atoms with Gasteiger partial charge in [-0.05, 0) is 216 Å². The summed E-state index contributed by atoms with van der Waals surface area (Å²) in [5, 5.41) is 0. The van der Waals surface area contributed by atoms with Crippen LogP contribution in [-0.2, 0) is 44.3 Å². The lowest BCUT2D eigenvalue weighted by molar-refractivity contribution is 0.195.